The van der Waals surface area contributed by atoms with Gasteiger partial charge in [0.05, 0.1) is 24.4 Å². The Bertz CT molecular complexity index is 363. The van der Waals surface area contributed by atoms with Crippen LogP contribution in [-0.2, 0) is 19.6 Å². The molecule has 0 aromatic heterocycles. The third kappa shape index (κ3) is 2.30. The molecule has 0 aromatic rings. The molecule has 1 aliphatic heterocycles. The van der Waals surface area contributed by atoms with Gasteiger partial charge in [-0.3, -0.25) is 9.52 Å². The summed E-state index contributed by atoms with van der Waals surface area (Å²) < 4.78 is 30.0. The zero-order valence-electron chi connectivity index (χ0n) is 8.18. The Labute approximate surface area is 88.2 Å². The van der Waals surface area contributed by atoms with Crippen molar-refractivity contribution >= 4 is 15.9 Å². The summed E-state index contributed by atoms with van der Waals surface area (Å²) in [7, 11) is -3.46. The van der Waals surface area contributed by atoms with Gasteiger partial charge in [-0.05, 0) is 12.8 Å². The van der Waals surface area contributed by atoms with E-state index in [-0.39, 0.29) is 11.9 Å². The van der Waals surface area contributed by atoms with Gasteiger partial charge in [0.25, 0.3) is 0 Å². The largest absolute Gasteiger partial charge is 0.379 e. The van der Waals surface area contributed by atoms with Crippen molar-refractivity contribution in [3.05, 3.63) is 0 Å². The number of nitrogens with two attached hydrogens (primary N) is 1. The Kier molecular flexibility index (Phi) is 2.70. The molecule has 7 heteroatoms. The molecule has 0 aromatic carbocycles. The average molecular weight is 234 g/mol. The van der Waals surface area contributed by atoms with Crippen molar-refractivity contribution < 1.29 is 17.9 Å². The minimum absolute atomic E-state index is 0.202. The summed E-state index contributed by atoms with van der Waals surface area (Å²) in [6, 6.07) is -0.403. The van der Waals surface area contributed by atoms with Gasteiger partial charge in [-0.2, -0.15) is 0 Å². The molecule has 6 nitrogen and oxygen atoms in total. The molecular formula is C8H14N2O4S. The molecule has 0 spiro atoms. The fourth-order valence-electron chi connectivity index (χ4n) is 1.52. The molecule has 86 valence electrons. The molecule has 15 heavy (non-hydrogen) atoms. The maximum atomic E-state index is 11.6. The second-order valence-electron chi connectivity index (χ2n) is 4.02. The van der Waals surface area contributed by atoms with Crippen molar-refractivity contribution in [1.82, 2.24) is 4.72 Å². The highest BCUT2D eigenvalue weighted by Crippen LogP contribution is 2.27. The van der Waals surface area contributed by atoms with Gasteiger partial charge in [0.15, 0.2) is 0 Å². The number of rotatable bonds is 3. The first-order valence-corrected chi connectivity index (χ1v) is 6.44. The van der Waals surface area contributed by atoms with E-state index >= 15 is 0 Å². The zero-order valence-corrected chi connectivity index (χ0v) is 9.00. The predicted molar refractivity (Wildman–Crippen MR) is 52.4 cm³/mol. The number of hydrogen-bond acceptors (Lipinski definition) is 5. The van der Waals surface area contributed by atoms with Gasteiger partial charge in [0.2, 0.25) is 15.9 Å². The van der Waals surface area contributed by atoms with Gasteiger partial charge in [-0.1, -0.05) is 0 Å². The van der Waals surface area contributed by atoms with Gasteiger partial charge < -0.3 is 10.5 Å². The number of amides is 1. The van der Waals surface area contributed by atoms with E-state index in [0.29, 0.717) is 19.4 Å². The maximum Gasteiger partial charge on any atom is 0.240 e. The topological polar surface area (TPSA) is 98.5 Å². The SMILES string of the molecule is NC1COCC1C(=O)NS(=O)(=O)C1CC1. The lowest BCUT2D eigenvalue weighted by molar-refractivity contribution is -0.123. The van der Waals surface area contributed by atoms with Gasteiger partial charge in [-0.15, -0.1) is 0 Å². The van der Waals surface area contributed by atoms with Crippen molar-refractivity contribution in [3.8, 4) is 0 Å². The number of nitrogens with one attached hydrogen (secondary N) is 1. The Balaban J connectivity index is 1.97. The minimum atomic E-state index is -3.46. The van der Waals surface area contributed by atoms with E-state index in [2.05, 4.69) is 4.72 Å². The van der Waals surface area contributed by atoms with E-state index in [1.807, 2.05) is 0 Å². The van der Waals surface area contributed by atoms with Crippen LogP contribution in [0.1, 0.15) is 12.8 Å². The van der Waals surface area contributed by atoms with Crippen LogP contribution in [0, 0.1) is 5.92 Å². The second kappa shape index (κ2) is 3.73. The molecule has 2 atom stereocenters. The van der Waals surface area contributed by atoms with E-state index in [4.69, 9.17) is 10.5 Å². The summed E-state index contributed by atoms with van der Waals surface area (Å²) in [6.45, 7) is 0.509. The zero-order chi connectivity index (χ0) is 11.1. The van der Waals surface area contributed by atoms with Gasteiger partial charge >= 0.3 is 0 Å². The molecule has 1 amide bonds. The average Bonchev–Trinajstić information content (AvgIpc) is 2.89. The monoisotopic (exact) mass is 234 g/mol. The lowest BCUT2D eigenvalue weighted by Gasteiger charge is -2.13. The standard InChI is InChI=1S/C8H14N2O4S/c9-7-4-14-3-6(7)8(11)10-15(12,13)5-1-2-5/h5-7H,1-4,9H2,(H,10,11). The molecule has 2 fully saturated rings. The molecule has 2 rings (SSSR count). The van der Waals surface area contributed by atoms with Crippen LogP contribution >= 0.6 is 0 Å². The molecule has 3 N–H and O–H groups in total. The third-order valence-electron chi connectivity index (χ3n) is 2.67. The Morgan fingerprint density at radius 1 is 1.33 bits per heavy atom. The van der Waals surface area contributed by atoms with Crippen LogP contribution in [0.5, 0.6) is 0 Å². The summed E-state index contributed by atoms with van der Waals surface area (Å²) in [5.41, 5.74) is 5.61. The first-order chi connectivity index (χ1) is 7.00. The molecule has 0 bridgehead atoms. The summed E-state index contributed by atoms with van der Waals surface area (Å²) in [5.74, 6) is -1.08. The summed E-state index contributed by atoms with van der Waals surface area (Å²) in [4.78, 5) is 11.6. The minimum Gasteiger partial charge on any atom is -0.379 e. The van der Waals surface area contributed by atoms with Crippen molar-refractivity contribution in [3.63, 3.8) is 0 Å². The Morgan fingerprint density at radius 3 is 2.47 bits per heavy atom. The van der Waals surface area contributed by atoms with Crippen molar-refractivity contribution in [2.75, 3.05) is 13.2 Å². The first kappa shape index (κ1) is 10.8. The third-order valence-corrected chi connectivity index (χ3v) is 4.50. The van der Waals surface area contributed by atoms with Crippen molar-refractivity contribution in [2.24, 2.45) is 11.7 Å². The highest BCUT2D eigenvalue weighted by molar-refractivity contribution is 7.90. The summed E-state index contributed by atoms with van der Waals surface area (Å²) in [5, 5.41) is -0.389. The van der Waals surface area contributed by atoms with Crippen LogP contribution in [-0.4, -0.2) is 38.8 Å². The fourth-order valence-corrected chi connectivity index (χ4v) is 2.87. The summed E-state index contributed by atoms with van der Waals surface area (Å²) in [6.07, 6.45) is 1.27. The molecule has 0 radical (unpaired) electrons. The van der Waals surface area contributed by atoms with Crippen LogP contribution in [0.4, 0.5) is 0 Å². The van der Waals surface area contributed by atoms with Crippen molar-refractivity contribution in [1.29, 1.82) is 0 Å². The Morgan fingerprint density at radius 2 is 2.00 bits per heavy atom. The van der Waals surface area contributed by atoms with Crippen LogP contribution in [0.2, 0.25) is 0 Å². The highest BCUT2D eigenvalue weighted by atomic mass is 32.2. The predicted octanol–water partition coefficient (Wildman–Crippen LogP) is -1.43. The van der Waals surface area contributed by atoms with E-state index in [1.54, 1.807) is 0 Å². The molecule has 1 saturated carbocycles. The number of carbonyl (C=O) groups excluding carboxylic acids is 1. The highest BCUT2D eigenvalue weighted by Gasteiger charge is 2.40. The van der Waals surface area contributed by atoms with E-state index in [9.17, 15) is 13.2 Å². The smallest absolute Gasteiger partial charge is 0.240 e. The fraction of sp³-hybridized carbons (Fsp3) is 0.875. The van der Waals surface area contributed by atoms with Gasteiger partial charge in [0.1, 0.15) is 0 Å². The quantitative estimate of drug-likeness (QED) is 0.623. The van der Waals surface area contributed by atoms with E-state index < -0.39 is 27.9 Å². The molecule has 1 saturated heterocycles. The molecule has 2 unspecified atom stereocenters. The van der Waals surface area contributed by atoms with Crippen LogP contribution in [0.15, 0.2) is 0 Å². The Hall–Kier alpha value is -0.660. The van der Waals surface area contributed by atoms with Crippen LogP contribution < -0.4 is 10.5 Å². The first-order valence-electron chi connectivity index (χ1n) is 4.89. The van der Waals surface area contributed by atoms with Crippen LogP contribution in [0.3, 0.4) is 0 Å². The lowest BCUT2D eigenvalue weighted by atomic mass is 10.1. The molecule has 1 aliphatic carbocycles. The lowest BCUT2D eigenvalue weighted by Crippen LogP contribution is -2.44. The number of ether oxygens (including phenoxy) is 1. The maximum absolute atomic E-state index is 11.6. The number of hydrogen-bond donors (Lipinski definition) is 2. The van der Waals surface area contributed by atoms with Gasteiger partial charge in [0, 0.05) is 6.04 Å². The number of sulfonamides is 1. The van der Waals surface area contributed by atoms with Crippen molar-refractivity contribution in [2.45, 2.75) is 24.1 Å². The number of carbonyl (C=O) groups is 1. The van der Waals surface area contributed by atoms with Gasteiger partial charge in [-0.25, -0.2) is 8.42 Å². The van der Waals surface area contributed by atoms with Crippen LogP contribution in [0.25, 0.3) is 0 Å². The molecule has 2 aliphatic rings. The summed E-state index contributed by atoms with van der Waals surface area (Å²) >= 11 is 0. The van der Waals surface area contributed by atoms with E-state index in [0.717, 1.165) is 0 Å². The molecule has 1 heterocycles. The van der Waals surface area contributed by atoms with E-state index in [1.165, 1.54) is 0 Å². The normalized spacial score (nSPS) is 31.5. The molecular weight excluding hydrogens is 220 g/mol. The second-order valence-corrected chi connectivity index (χ2v) is 5.98.